The molecular weight excluding hydrogens is 238 g/mol. The van der Waals surface area contributed by atoms with Crippen LogP contribution >= 0.6 is 11.6 Å². The number of nitrogens with one attached hydrogen (secondary N) is 2. The van der Waals surface area contributed by atoms with Crippen LogP contribution in [0.3, 0.4) is 0 Å². The summed E-state index contributed by atoms with van der Waals surface area (Å²) in [5.74, 6) is -0.135. The molecule has 1 rings (SSSR count). The molecule has 0 aliphatic carbocycles. The van der Waals surface area contributed by atoms with Gasteiger partial charge in [0.25, 0.3) is 0 Å². The van der Waals surface area contributed by atoms with Gasteiger partial charge in [-0.05, 0) is 24.7 Å². The predicted molar refractivity (Wildman–Crippen MR) is 68.0 cm³/mol. The standard InChI is InChI=1S/C12H14ClN3O/c1-2-15-6-5-12(17)16-11-7-10(13)4-3-9(11)8-14/h3-4,7,15H,2,5-6H2,1H3,(H,16,17). The molecule has 1 aromatic carbocycles. The fourth-order valence-electron chi connectivity index (χ4n) is 1.31. The highest BCUT2D eigenvalue weighted by Gasteiger charge is 2.07. The second-order valence-electron chi connectivity index (χ2n) is 3.45. The number of amides is 1. The van der Waals surface area contributed by atoms with Crippen LogP contribution in [0.2, 0.25) is 5.02 Å². The van der Waals surface area contributed by atoms with Gasteiger partial charge < -0.3 is 10.6 Å². The highest BCUT2D eigenvalue weighted by atomic mass is 35.5. The van der Waals surface area contributed by atoms with Crippen molar-refractivity contribution in [2.75, 3.05) is 18.4 Å². The minimum absolute atomic E-state index is 0.135. The van der Waals surface area contributed by atoms with Crippen LogP contribution < -0.4 is 10.6 Å². The molecule has 0 aliphatic heterocycles. The van der Waals surface area contributed by atoms with E-state index in [0.717, 1.165) is 6.54 Å². The second kappa shape index (κ2) is 6.89. The number of hydrogen-bond donors (Lipinski definition) is 2. The molecule has 0 fully saturated rings. The molecule has 1 aromatic rings. The molecule has 0 spiro atoms. The summed E-state index contributed by atoms with van der Waals surface area (Å²) in [7, 11) is 0. The molecule has 0 unspecified atom stereocenters. The van der Waals surface area contributed by atoms with E-state index in [-0.39, 0.29) is 5.91 Å². The topological polar surface area (TPSA) is 64.9 Å². The first kappa shape index (κ1) is 13.5. The minimum Gasteiger partial charge on any atom is -0.325 e. The molecule has 0 saturated heterocycles. The Bertz CT molecular complexity index is 440. The maximum atomic E-state index is 11.6. The number of carbonyl (C=O) groups excluding carboxylic acids is 1. The van der Waals surface area contributed by atoms with Gasteiger partial charge in [0.1, 0.15) is 6.07 Å². The van der Waals surface area contributed by atoms with Crippen molar-refractivity contribution in [3.63, 3.8) is 0 Å². The van der Waals surface area contributed by atoms with Gasteiger partial charge in [0.2, 0.25) is 5.91 Å². The first-order valence-corrected chi connectivity index (χ1v) is 5.75. The molecule has 2 N–H and O–H groups in total. The van der Waals surface area contributed by atoms with Gasteiger partial charge >= 0.3 is 0 Å². The van der Waals surface area contributed by atoms with Crippen molar-refractivity contribution < 1.29 is 4.79 Å². The Kier molecular flexibility index (Phi) is 5.47. The summed E-state index contributed by atoms with van der Waals surface area (Å²) in [6.45, 7) is 3.42. The van der Waals surface area contributed by atoms with Crippen LogP contribution in [0.25, 0.3) is 0 Å². The molecule has 0 aromatic heterocycles. The lowest BCUT2D eigenvalue weighted by Gasteiger charge is -2.07. The zero-order valence-electron chi connectivity index (χ0n) is 9.59. The van der Waals surface area contributed by atoms with Gasteiger partial charge in [-0.2, -0.15) is 5.26 Å². The van der Waals surface area contributed by atoms with Crippen molar-refractivity contribution in [2.45, 2.75) is 13.3 Å². The van der Waals surface area contributed by atoms with Crippen LogP contribution in [0.4, 0.5) is 5.69 Å². The third kappa shape index (κ3) is 4.43. The van der Waals surface area contributed by atoms with Gasteiger partial charge in [0.15, 0.2) is 0 Å². The molecule has 0 atom stereocenters. The third-order valence-corrected chi connectivity index (χ3v) is 2.39. The summed E-state index contributed by atoms with van der Waals surface area (Å²) in [4.78, 5) is 11.6. The number of nitrogens with zero attached hydrogens (tertiary/aromatic N) is 1. The summed E-state index contributed by atoms with van der Waals surface area (Å²) in [5.41, 5.74) is 0.868. The fourth-order valence-corrected chi connectivity index (χ4v) is 1.48. The Balaban J connectivity index is 2.64. The van der Waals surface area contributed by atoms with E-state index in [2.05, 4.69) is 10.6 Å². The first-order valence-electron chi connectivity index (χ1n) is 5.37. The van der Waals surface area contributed by atoms with Crippen LogP contribution in [0.15, 0.2) is 18.2 Å². The molecule has 90 valence electrons. The van der Waals surface area contributed by atoms with Crippen molar-refractivity contribution >= 4 is 23.2 Å². The van der Waals surface area contributed by atoms with Crippen molar-refractivity contribution in [3.8, 4) is 6.07 Å². The van der Waals surface area contributed by atoms with E-state index in [1.54, 1.807) is 18.2 Å². The first-order chi connectivity index (χ1) is 8.17. The number of carbonyl (C=O) groups is 1. The van der Waals surface area contributed by atoms with Crippen molar-refractivity contribution in [2.24, 2.45) is 0 Å². The quantitative estimate of drug-likeness (QED) is 0.788. The monoisotopic (exact) mass is 251 g/mol. The summed E-state index contributed by atoms with van der Waals surface area (Å²) < 4.78 is 0. The van der Waals surface area contributed by atoms with E-state index in [9.17, 15) is 4.79 Å². The third-order valence-electron chi connectivity index (χ3n) is 2.15. The normalized spacial score (nSPS) is 9.71. The molecule has 0 heterocycles. The Morgan fingerprint density at radius 3 is 2.94 bits per heavy atom. The van der Waals surface area contributed by atoms with Gasteiger partial charge in [0, 0.05) is 18.0 Å². The van der Waals surface area contributed by atoms with E-state index in [0.29, 0.717) is 29.2 Å². The molecule has 17 heavy (non-hydrogen) atoms. The maximum absolute atomic E-state index is 11.6. The average molecular weight is 252 g/mol. The van der Waals surface area contributed by atoms with Gasteiger partial charge in [0.05, 0.1) is 11.3 Å². The van der Waals surface area contributed by atoms with Crippen LogP contribution in [0.5, 0.6) is 0 Å². The lowest BCUT2D eigenvalue weighted by molar-refractivity contribution is -0.116. The van der Waals surface area contributed by atoms with E-state index in [1.807, 2.05) is 13.0 Å². The summed E-state index contributed by atoms with van der Waals surface area (Å²) in [5, 5.41) is 15.1. The number of anilines is 1. The number of rotatable bonds is 5. The molecule has 5 heteroatoms. The van der Waals surface area contributed by atoms with Gasteiger partial charge in [-0.3, -0.25) is 4.79 Å². The van der Waals surface area contributed by atoms with Gasteiger partial charge in [-0.25, -0.2) is 0 Å². The van der Waals surface area contributed by atoms with Crippen molar-refractivity contribution in [1.29, 1.82) is 5.26 Å². The Morgan fingerprint density at radius 1 is 1.53 bits per heavy atom. The largest absolute Gasteiger partial charge is 0.325 e. The molecule has 0 aliphatic rings. The van der Waals surface area contributed by atoms with Gasteiger partial charge in [-0.15, -0.1) is 0 Å². The number of nitriles is 1. The van der Waals surface area contributed by atoms with Crippen LogP contribution in [-0.4, -0.2) is 19.0 Å². The average Bonchev–Trinajstić information content (AvgIpc) is 2.29. The molecule has 1 amide bonds. The summed E-state index contributed by atoms with van der Waals surface area (Å²) in [6, 6.07) is 6.79. The highest BCUT2D eigenvalue weighted by Crippen LogP contribution is 2.20. The van der Waals surface area contributed by atoms with Crippen molar-refractivity contribution in [1.82, 2.24) is 5.32 Å². The summed E-state index contributed by atoms with van der Waals surface area (Å²) in [6.07, 6.45) is 0.366. The second-order valence-corrected chi connectivity index (χ2v) is 3.89. The Labute approximate surface area is 106 Å². The highest BCUT2D eigenvalue weighted by molar-refractivity contribution is 6.31. The summed E-state index contributed by atoms with van der Waals surface area (Å²) >= 11 is 5.81. The number of hydrogen-bond acceptors (Lipinski definition) is 3. The van der Waals surface area contributed by atoms with E-state index in [4.69, 9.17) is 16.9 Å². The Morgan fingerprint density at radius 2 is 2.29 bits per heavy atom. The van der Waals surface area contributed by atoms with Crippen LogP contribution in [0, 0.1) is 11.3 Å². The van der Waals surface area contributed by atoms with E-state index >= 15 is 0 Å². The number of benzene rings is 1. The smallest absolute Gasteiger partial charge is 0.225 e. The van der Waals surface area contributed by atoms with Crippen LogP contribution in [0.1, 0.15) is 18.9 Å². The lowest BCUT2D eigenvalue weighted by Crippen LogP contribution is -2.21. The van der Waals surface area contributed by atoms with E-state index in [1.165, 1.54) is 0 Å². The number of halogens is 1. The minimum atomic E-state index is -0.135. The zero-order valence-corrected chi connectivity index (χ0v) is 10.3. The maximum Gasteiger partial charge on any atom is 0.225 e. The predicted octanol–water partition coefficient (Wildman–Crippen LogP) is 2.15. The zero-order chi connectivity index (χ0) is 12.7. The van der Waals surface area contributed by atoms with Crippen molar-refractivity contribution in [3.05, 3.63) is 28.8 Å². The molecular formula is C12H14ClN3O. The lowest BCUT2D eigenvalue weighted by atomic mass is 10.2. The SMILES string of the molecule is CCNCCC(=O)Nc1cc(Cl)ccc1C#N. The fraction of sp³-hybridized carbons (Fsp3) is 0.333. The van der Waals surface area contributed by atoms with Crippen LogP contribution in [-0.2, 0) is 4.79 Å². The Hall–Kier alpha value is -1.57. The molecule has 4 nitrogen and oxygen atoms in total. The van der Waals surface area contributed by atoms with Gasteiger partial charge in [-0.1, -0.05) is 18.5 Å². The van der Waals surface area contributed by atoms with E-state index < -0.39 is 0 Å². The molecule has 0 radical (unpaired) electrons. The molecule has 0 saturated carbocycles. The molecule has 0 bridgehead atoms.